The number of benzene rings is 1. The maximum Gasteiger partial charge on any atom is 0.410 e. The second kappa shape index (κ2) is 8.66. The van der Waals surface area contributed by atoms with Crippen LogP contribution in [-0.2, 0) is 24.3 Å². The van der Waals surface area contributed by atoms with E-state index >= 15 is 0 Å². The average Bonchev–Trinajstić information content (AvgIpc) is 3.32. The van der Waals surface area contributed by atoms with E-state index in [9.17, 15) is 18.0 Å². The molecule has 1 saturated carbocycles. The average molecular weight is 454 g/mol. The minimum absolute atomic E-state index is 0.00311. The van der Waals surface area contributed by atoms with E-state index in [-0.39, 0.29) is 29.7 Å². The molecular weight excluding hydrogens is 422 g/mol. The van der Waals surface area contributed by atoms with E-state index in [2.05, 4.69) is 4.72 Å². The van der Waals surface area contributed by atoms with Crippen LogP contribution in [0.5, 0.6) is 0 Å². The van der Waals surface area contributed by atoms with Crippen LogP contribution < -0.4 is 10.5 Å². The van der Waals surface area contributed by atoms with Crippen LogP contribution >= 0.6 is 0 Å². The number of likely N-dealkylation sites (tertiary alicyclic amines) is 1. The summed E-state index contributed by atoms with van der Waals surface area (Å²) < 4.78 is 39.6. The molecule has 1 aliphatic heterocycles. The smallest absolute Gasteiger partial charge is 0.410 e. The van der Waals surface area contributed by atoms with Gasteiger partial charge in [-0.15, -0.1) is 0 Å². The zero-order chi connectivity index (χ0) is 23.0. The molecule has 1 aromatic rings. The van der Waals surface area contributed by atoms with E-state index in [1.54, 1.807) is 27.7 Å². The van der Waals surface area contributed by atoms with Crippen molar-refractivity contribution in [3.8, 4) is 0 Å². The molecule has 1 heterocycles. The topological polar surface area (TPSA) is 128 Å². The summed E-state index contributed by atoms with van der Waals surface area (Å²) in [7, 11) is -3.86. The lowest BCUT2D eigenvalue weighted by Crippen LogP contribution is -2.39. The number of anilines is 1. The van der Waals surface area contributed by atoms with Gasteiger partial charge in [-0.3, -0.25) is 4.79 Å². The third kappa shape index (κ3) is 5.48. The Balaban J connectivity index is 2.07. The predicted molar refractivity (Wildman–Crippen MR) is 115 cm³/mol. The van der Waals surface area contributed by atoms with Gasteiger partial charge in [-0.05, 0) is 70.7 Å². The van der Waals surface area contributed by atoms with Gasteiger partial charge in [-0.2, -0.15) is 0 Å². The van der Waals surface area contributed by atoms with E-state index in [1.165, 1.54) is 23.1 Å². The van der Waals surface area contributed by atoms with Crippen LogP contribution in [0.1, 0.15) is 58.6 Å². The molecule has 10 heteroatoms. The Kier molecular flexibility index (Phi) is 6.52. The summed E-state index contributed by atoms with van der Waals surface area (Å²) in [4.78, 5) is 27.1. The Hall–Kier alpha value is -2.33. The summed E-state index contributed by atoms with van der Waals surface area (Å²) in [5, 5.41) is 0. The maximum absolute atomic E-state index is 13.1. The van der Waals surface area contributed by atoms with Gasteiger partial charge in [0.2, 0.25) is 10.0 Å². The first-order valence-corrected chi connectivity index (χ1v) is 12.0. The van der Waals surface area contributed by atoms with E-state index in [0.29, 0.717) is 12.1 Å². The maximum atomic E-state index is 13.1. The highest BCUT2D eigenvalue weighted by molar-refractivity contribution is 7.89. The van der Waals surface area contributed by atoms with Crippen LogP contribution in [0, 0.1) is 5.92 Å². The molecule has 0 unspecified atom stereocenters. The van der Waals surface area contributed by atoms with Crippen molar-refractivity contribution in [2.45, 2.75) is 69.5 Å². The summed E-state index contributed by atoms with van der Waals surface area (Å²) in [5.74, 6) is -1.22. The van der Waals surface area contributed by atoms with E-state index in [4.69, 9.17) is 15.2 Å². The van der Waals surface area contributed by atoms with Crippen LogP contribution in [0.4, 0.5) is 10.5 Å². The molecule has 3 rings (SSSR count). The quantitative estimate of drug-likeness (QED) is 0.500. The molecule has 31 heavy (non-hydrogen) atoms. The molecule has 0 spiro atoms. The number of carbonyl (C=O) groups excluding carboxylic acids is 2. The minimum atomic E-state index is -3.86. The SMILES string of the molecule is CCOC(=O)[C@@H]1CCN(C(=O)OC(C)(C)C)[C@@H]1c1cc(N)ccc1S(=O)(=O)NC1CC1. The number of nitrogens with two attached hydrogens (primary N) is 1. The van der Waals surface area contributed by atoms with Gasteiger partial charge in [-0.1, -0.05) is 0 Å². The van der Waals surface area contributed by atoms with E-state index in [1.807, 2.05) is 0 Å². The standard InChI is InChI=1S/C21H31N3O6S/c1-5-29-19(25)15-10-11-24(20(26)30-21(2,3)4)18(15)16-12-13(22)6-9-17(16)31(27,28)23-14-7-8-14/h6,9,12,14-15,18,23H,5,7-8,10-11,22H2,1-4H3/t15-,18+/m1/s1. The van der Waals surface area contributed by atoms with Gasteiger partial charge in [-0.25, -0.2) is 17.9 Å². The summed E-state index contributed by atoms with van der Waals surface area (Å²) >= 11 is 0. The van der Waals surface area contributed by atoms with Gasteiger partial charge >= 0.3 is 12.1 Å². The minimum Gasteiger partial charge on any atom is -0.466 e. The Labute approximate surface area is 183 Å². The first kappa shape index (κ1) is 23.3. The molecule has 3 N–H and O–H groups in total. The van der Waals surface area contributed by atoms with Gasteiger partial charge in [0.05, 0.1) is 23.5 Å². The second-order valence-corrected chi connectivity index (χ2v) is 10.6. The first-order chi connectivity index (χ1) is 14.4. The monoisotopic (exact) mass is 453 g/mol. The summed E-state index contributed by atoms with van der Waals surface area (Å²) in [6.07, 6.45) is 1.27. The third-order valence-electron chi connectivity index (χ3n) is 5.16. The van der Waals surface area contributed by atoms with Crippen LogP contribution in [0.15, 0.2) is 23.1 Å². The molecule has 2 aliphatic rings. The summed E-state index contributed by atoms with van der Waals surface area (Å²) in [6.45, 7) is 7.34. The zero-order valence-electron chi connectivity index (χ0n) is 18.4. The van der Waals surface area contributed by atoms with Gasteiger partial charge in [0.25, 0.3) is 0 Å². The van der Waals surface area contributed by atoms with E-state index in [0.717, 1.165) is 12.8 Å². The van der Waals surface area contributed by atoms with Crippen molar-refractivity contribution in [3.05, 3.63) is 23.8 Å². The van der Waals surface area contributed by atoms with Crippen molar-refractivity contribution in [1.82, 2.24) is 9.62 Å². The first-order valence-electron chi connectivity index (χ1n) is 10.5. The van der Waals surface area contributed by atoms with Crippen molar-refractivity contribution in [1.29, 1.82) is 0 Å². The number of amides is 1. The zero-order valence-corrected chi connectivity index (χ0v) is 19.2. The molecule has 1 amide bonds. The number of hydrogen-bond acceptors (Lipinski definition) is 7. The lowest BCUT2D eigenvalue weighted by molar-refractivity contribution is -0.148. The van der Waals surface area contributed by atoms with Crippen molar-refractivity contribution < 1.29 is 27.5 Å². The van der Waals surface area contributed by atoms with Crippen LogP contribution in [-0.4, -0.2) is 50.2 Å². The van der Waals surface area contributed by atoms with Gasteiger partial charge < -0.3 is 20.1 Å². The van der Waals surface area contributed by atoms with Gasteiger partial charge in [0.15, 0.2) is 0 Å². The number of nitrogen functional groups attached to an aromatic ring is 1. The fourth-order valence-corrected chi connectivity index (χ4v) is 5.26. The predicted octanol–water partition coefficient (Wildman–Crippen LogP) is 2.57. The number of rotatable bonds is 6. The van der Waals surface area contributed by atoms with Crippen LogP contribution in [0.25, 0.3) is 0 Å². The molecule has 1 aromatic carbocycles. The van der Waals surface area contributed by atoms with Crippen LogP contribution in [0.3, 0.4) is 0 Å². The van der Waals surface area contributed by atoms with Crippen molar-refractivity contribution in [3.63, 3.8) is 0 Å². The summed E-state index contributed by atoms with van der Waals surface area (Å²) in [6, 6.07) is 3.46. The lowest BCUT2D eigenvalue weighted by Gasteiger charge is -2.31. The van der Waals surface area contributed by atoms with Crippen molar-refractivity contribution >= 4 is 27.8 Å². The highest BCUT2D eigenvalue weighted by atomic mass is 32.2. The molecule has 2 fully saturated rings. The molecular formula is C21H31N3O6S. The fourth-order valence-electron chi connectivity index (χ4n) is 3.73. The van der Waals surface area contributed by atoms with E-state index < -0.39 is 39.6 Å². The molecule has 172 valence electrons. The number of esters is 1. The molecule has 0 radical (unpaired) electrons. The Morgan fingerprint density at radius 3 is 2.48 bits per heavy atom. The number of hydrogen-bond donors (Lipinski definition) is 2. The highest BCUT2D eigenvalue weighted by Gasteiger charge is 2.46. The molecule has 1 saturated heterocycles. The Morgan fingerprint density at radius 1 is 1.23 bits per heavy atom. The molecule has 2 atom stereocenters. The normalized spacial score (nSPS) is 21.7. The Morgan fingerprint density at radius 2 is 1.90 bits per heavy atom. The molecule has 9 nitrogen and oxygen atoms in total. The number of ether oxygens (including phenoxy) is 2. The van der Waals surface area contributed by atoms with Crippen molar-refractivity contribution in [2.24, 2.45) is 5.92 Å². The second-order valence-electron chi connectivity index (χ2n) is 8.96. The summed E-state index contributed by atoms with van der Waals surface area (Å²) in [5.41, 5.74) is 5.86. The largest absolute Gasteiger partial charge is 0.466 e. The van der Waals surface area contributed by atoms with Crippen molar-refractivity contribution in [2.75, 3.05) is 18.9 Å². The molecule has 0 aromatic heterocycles. The van der Waals surface area contributed by atoms with Gasteiger partial charge in [0.1, 0.15) is 5.60 Å². The lowest BCUT2D eigenvalue weighted by atomic mass is 9.93. The highest BCUT2D eigenvalue weighted by Crippen LogP contribution is 2.42. The molecule has 0 bridgehead atoms. The Bertz CT molecular complexity index is 952. The number of nitrogens with one attached hydrogen (secondary N) is 1. The number of nitrogens with zero attached hydrogens (tertiary/aromatic N) is 1. The van der Waals surface area contributed by atoms with Crippen LogP contribution in [0.2, 0.25) is 0 Å². The third-order valence-corrected chi connectivity index (χ3v) is 6.75. The fraction of sp³-hybridized carbons (Fsp3) is 0.619. The van der Waals surface area contributed by atoms with Gasteiger partial charge in [0, 0.05) is 18.3 Å². The molecule has 1 aliphatic carbocycles. The number of sulfonamides is 1. The number of carbonyl (C=O) groups is 2.